The van der Waals surface area contributed by atoms with Gasteiger partial charge in [-0.2, -0.15) is 0 Å². The van der Waals surface area contributed by atoms with Crippen LogP contribution in [0, 0.1) is 0 Å². The zero-order valence-corrected chi connectivity index (χ0v) is 20.3. The van der Waals surface area contributed by atoms with Gasteiger partial charge in [0.1, 0.15) is 0 Å². The van der Waals surface area contributed by atoms with Gasteiger partial charge in [0.05, 0.1) is 0 Å². The minimum absolute atomic E-state index is 0.643. The highest BCUT2D eigenvalue weighted by Gasteiger charge is 2.51. The van der Waals surface area contributed by atoms with E-state index in [9.17, 15) is 0 Å². The van der Waals surface area contributed by atoms with E-state index in [0.29, 0.717) is 11.1 Å². The van der Waals surface area contributed by atoms with Crippen molar-refractivity contribution in [1.82, 2.24) is 0 Å². The Morgan fingerprint density at radius 2 is 0.875 bits per heavy atom. The fourth-order valence-corrected chi connectivity index (χ4v) is 24.3. The SMILES string of the molecule is C[SiH]1O[Si](C)(C2CCCCC2)O[SiH](C)O[Si](C)(C2CCCCC2)O1. The zero-order chi connectivity index (χ0) is 17.2. The van der Waals surface area contributed by atoms with Crippen LogP contribution in [0.5, 0.6) is 0 Å². The number of hydrogen-bond donors (Lipinski definition) is 0. The third kappa shape index (κ3) is 4.51. The van der Waals surface area contributed by atoms with Gasteiger partial charge in [-0.15, -0.1) is 0 Å². The molecule has 4 nitrogen and oxygen atoms in total. The van der Waals surface area contributed by atoms with Crippen molar-refractivity contribution in [1.29, 1.82) is 0 Å². The molecule has 0 atom stereocenters. The predicted molar refractivity (Wildman–Crippen MR) is 107 cm³/mol. The molecule has 0 aromatic heterocycles. The smallest absolute Gasteiger partial charge is 0.320 e. The fourth-order valence-electron chi connectivity index (χ4n) is 5.06. The van der Waals surface area contributed by atoms with E-state index in [1.165, 1.54) is 64.2 Å². The van der Waals surface area contributed by atoms with Crippen LogP contribution in [0.1, 0.15) is 64.2 Å². The van der Waals surface area contributed by atoms with E-state index < -0.39 is 35.7 Å². The molecule has 3 fully saturated rings. The van der Waals surface area contributed by atoms with Crippen LogP contribution < -0.4 is 0 Å². The molecule has 3 rings (SSSR count). The molecule has 0 aromatic carbocycles. The first-order valence-corrected chi connectivity index (χ1v) is 19.1. The third-order valence-electron chi connectivity index (χ3n) is 6.29. The summed E-state index contributed by atoms with van der Waals surface area (Å²) in [6, 6.07) is 0. The molecule has 0 N–H and O–H groups in total. The lowest BCUT2D eigenvalue weighted by Gasteiger charge is -2.47. The lowest BCUT2D eigenvalue weighted by atomic mass is 10.0. The van der Waals surface area contributed by atoms with E-state index in [1.807, 2.05) is 0 Å². The first-order chi connectivity index (χ1) is 11.4. The van der Waals surface area contributed by atoms with Crippen LogP contribution in [0.3, 0.4) is 0 Å². The summed E-state index contributed by atoms with van der Waals surface area (Å²) >= 11 is 0. The second-order valence-corrected chi connectivity index (χ2v) is 20.0. The Kier molecular flexibility index (Phi) is 6.62. The molecule has 1 saturated heterocycles. The van der Waals surface area contributed by atoms with Crippen molar-refractivity contribution in [3.05, 3.63) is 0 Å². The highest BCUT2D eigenvalue weighted by molar-refractivity contribution is 6.86. The van der Waals surface area contributed by atoms with Crippen LogP contribution in [0.15, 0.2) is 0 Å². The van der Waals surface area contributed by atoms with Gasteiger partial charge in [0.2, 0.25) is 0 Å². The first-order valence-electron chi connectivity index (χ1n) is 10.1. The van der Waals surface area contributed by atoms with Crippen molar-refractivity contribution >= 4 is 35.7 Å². The number of hydrogen-bond acceptors (Lipinski definition) is 4. The van der Waals surface area contributed by atoms with Crippen molar-refractivity contribution in [3.63, 3.8) is 0 Å². The van der Waals surface area contributed by atoms with Gasteiger partial charge in [-0.05, 0) is 51.9 Å². The van der Waals surface area contributed by atoms with Gasteiger partial charge >= 0.3 is 35.7 Å². The second-order valence-electron chi connectivity index (χ2n) is 8.31. The molecule has 1 heterocycles. The summed E-state index contributed by atoms with van der Waals surface area (Å²) in [6.07, 6.45) is 13.2. The van der Waals surface area contributed by atoms with E-state index in [2.05, 4.69) is 26.2 Å². The van der Waals surface area contributed by atoms with Crippen LogP contribution in [-0.2, 0) is 16.5 Å². The Hall–Kier alpha value is 0.708. The molecule has 1 aliphatic heterocycles. The lowest BCUT2D eigenvalue weighted by Crippen LogP contribution is -2.61. The topological polar surface area (TPSA) is 36.9 Å². The van der Waals surface area contributed by atoms with E-state index in [0.717, 1.165) is 0 Å². The average molecular weight is 405 g/mol. The van der Waals surface area contributed by atoms with Crippen molar-refractivity contribution in [3.8, 4) is 0 Å². The fraction of sp³-hybridized carbons (Fsp3) is 1.00. The quantitative estimate of drug-likeness (QED) is 0.631. The largest absolute Gasteiger partial charge is 0.418 e. The molecule has 0 amide bonds. The summed E-state index contributed by atoms with van der Waals surface area (Å²) < 4.78 is 26.8. The van der Waals surface area contributed by atoms with Crippen LogP contribution in [0.2, 0.25) is 37.3 Å². The molecular weight excluding hydrogens is 369 g/mol. The van der Waals surface area contributed by atoms with Crippen molar-refractivity contribution in [2.75, 3.05) is 0 Å². The van der Waals surface area contributed by atoms with E-state index in [-0.39, 0.29) is 0 Å². The molecule has 8 heteroatoms. The number of rotatable bonds is 2. The first kappa shape index (κ1) is 19.5. The highest BCUT2D eigenvalue weighted by atomic mass is 28.5. The molecule has 3 aliphatic rings. The van der Waals surface area contributed by atoms with Crippen LogP contribution in [0.4, 0.5) is 0 Å². The summed E-state index contributed by atoms with van der Waals surface area (Å²) in [6.45, 7) is 9.03. The predicted octanol–water partition coefficient (Wildman–Crippen LogP) is 4.58. The van der Waals surface area contributed by atoms with Crippen molar-refractivity contribution < 1.29 is 16.5 Å². The van der Waals surface area contributed by atoms with Gasteiger partial charge in [-0.25, -0.2) is 0 Å². The van der Waals surface area contributed by atoms with Gasteiger partial charge in [-0.3, -0.25) is 0 Å². The maximum atomic E-state index is 6.70. The molecule has 24 heavy (non-hydrogen) atoms. The molecule has 140 valence electrons. The van der Waals surface area contributed by atoms with Crippen LogP contribution >= 0.6 is 0 Å². The van der Waals surface area contributed by atoms with E-state index >= 15 is 0 Å². The molecule has 0 aromatic rings. The maximum absolute atomic E-state index is 6.70. The second kappa shape index (κ2) is 8.16. The molecule has 0 unspecified atom stereocenters. The van der Waals surface area contributed by atoms with Crippen LogP contribution in [-0.4, -0.2) is 35.7 Å². The van der Waals surface area contributed by atoms with Crippen molar-refractivity contribution in [2.24, 2.45) is 0 Å². The normalized spacial score (nSPS) is 44.0. The third-order valence-corrected chi connectivity index (χ3v) is 23.2. The highest BCUT2D eigenvalue weighted by Crippen LogP contribution is 2.43. The zero-order valence-electron chi connectivity index (χ0n) is 16.0. The Bertz CT molecular complexity index is 363. The van der Waals surface area contributed by atoms with Gasteiger partial charge in [0.15, 0.2) is 0 Å². The summed E-state index contributed by atoms with van der Waals surface area (Å²) in [5.74, 6) is 0. The average Bonchev–Trinajstić information content (AvgIpc) is 2.54. The molecule has 0 radical (unpaired) electrons. The monoisotopic (exact) mass is 404 g/mol. The Balaban J connectivity index is 1.72. The summed E-state index contributed by atoms with van der Waals surface area (Å²) in [5, 5.41) is 0. The van der Waals surface area contributed by atoms with Gasteiger partial charge < -0.3 is 16.5 Å². The van der Waals surface area contributed by atoms with Gasteiger partial charge in [-0.1, -0.05) is 38.5 Å². The minimum Gasteiger partial charge on any atom is -0.418 e. The molecule has 0 spiro atoms. The molecule has 2 saturated carbocycles. The summed E-state index contributed by atoms with van der Waals surface area (Å²) in [7, 11) is -7.71. The molecule has 0 bridgehead atoms. The molecule has 2 aliphatic carbocycles. The Labute approximate surface area is 153 Å². The minimum atomic E-state index is -2.16. The Morgan fingerprint density at radius 1 is 0.583 bits per heavy atom. The van der Waals surface area contributed by atoms with Gasteiger partial charge in [0.25, 0.3) is 0 Å². The van der Waals surface area contributed by atoms with Crippen LogP contribution in [0.25, 0.3) is 0 Å². The summed E-state index contributed by atoms with van der Waals surface area (Å²) in [4.78, 5) is 0. The maximum Gasteiger partial charge on any atom is 0.320 e. The van der Waals surface area contributed by atoms with Crippen molar-refractivity contribution in [2.45, 2.75) is 101 Å². The summed E-state index contributed by atoms with van der Waals surface area (Å²) in [5.41, 5.74) is 1.29. The Morgan fingerprint density at radius 3 is 1.17 bits per heavy atom. The van der Waals surface area contributed by atoms with E-state index in [1.54, 1.807) is 0 Å². The molecular formula is C16H36O4Si4. The van der Waals surface area contributed by atoms with E-state index in [4.69, 9.17) is 16.5 Å². The standard InChI is InChI=1S/C16H36O4Si4/c1-21-17-23(3,15-11-7-5-8-12-15)19-22(2)20-24(4,18-21)16-13-9-6-10-14-16/h15-16,21-22H,5-14H2,1-4H3. The van der Waals surface area contributed by atoms with Gasteiger partial charge in [0, 0.05) is 11.1 Å². The lowest BCUT2D eigenvalue weighted by molar-refractivity contribution is 0.229.